The maximum atomic E-state index is 6.02. The zero-order valence-electron chi connectivity index (χ0n) is 9.35. The number of benzene rings is 1. The summed E-state index contributed by atoms with van der Waals surface area (Å²) in [5.74, 6) is 0.678. The summed E-state index contributed by atoms with van der Waals surface area (Å²) in [6, 6.07) is 6.47. The molecule has 0 heterocycles. The van der Waals surface area contributed by atoms with E-state index in [1.165, 1.54) is 9.13 Å². The molecule has 0 spiro atoms. The van der Waals surface area contributed by atoms with Gasteiger partial charge in [0.2, 0.25) is 0 Å². The highest BCUT2D eigenvalue weighted by Gasteiger charge is 2.14. The maximum absolute atomic E-state index is 6.02. The van der Waals surface area contributed by atoms with Crippen LogP contribution in [0.2, 0.25) is 5.02 Å². The first-order chi connectivity index (χ1) is 7.04. The van der Waals surface area contributed by atoms with Gasteiger partial charge in [-0.15, -0.1) is 0 Å². The Labute approximate surface area is 111 Å². The average molecular weight is 338 g/mol. The van der Waals surface area contributed by atoms with E-state index in [0.717, 1.165) is 11.4 Å². The zero-order valence-corrected chi connectivity index (χ0v) is 12.3. The van der Waals surface area contributed by atoms with Crippen molar-refractivity contribution in [3.63, 3.8) is 0 Å². The lowest BCUT2D eigenvalue weighted by Gasteiger charge is -2.20. The van der Waals surface area contributed by atoms with E-state index in [1.54, 1.807) is 0 Å². The van der Waals surface area contributed by atoms with Gasteiger partial charge in [-0.2, -0.15) is 0 Å². The molecule has 0 bridgehead atoms. The SMILES string of the molecule is CNC(CC(C)C)c1cc(Cl)ccc1I. The van der Waals surface area contributed by atoms with E-state index < -0.39 is 0 Å². The molecule has 0 aliphatic heterocycles. The van der Waals surface area contributed by atoms with Gasteiger partial charge < -0.3 is 5.32 Å². The Kier molecular flexibility index (Phi) is 5.36. The Bertz CT molecular complexity index is 325. The highest BCUT2D eigenvalue weighted by atomic mass is 127. The molecule has 1 rings (SSSR count). The van der Waals surface area contributed by atoms with Gasteiger partial charge in [-0.25, -0.2) is 0 Å². The van der Waals surface area contributed by atoms with Crippen LogP contribution in [0.4, 0.5) is 0 Å². The van der Waals surface area contributed by atoms with Crippen molar-refractivity contribution in [1.29, 1.82) is 0 Å². The standard InChI is InChI=1S/C12H17ClIN/c1-8(2)6-12(15-3)10-7-9(13)4-5-11(10)14/h4-5,7-8,12,15H,6H2,1-3H3. The molecule has 1 N–H and O–H groups in total. The van der Waals surface area contributed by atoms with E-state index in [-0.39, 0.29) is 0 Å². The summed E-state index contributed by atoms with van der Waals surface area (Å²) >= 11 is 8.39. The molecule has 15 heavy (non-hydrogen) atoms. The summed E-state index contributed by atoms with van der Waals surface area (Å²) in [7, 11) is 2.00. The van der Waals surface area contributed by atoms with Crippen LogP contribution < -0.4 is 5.32 Å². The van der Waals surface area contributed by atoms with Crippen molar-refractivity contribution in [1.82, 2.24) is 5.32 Å². The molecule has 1 aromatic rings. The molecule has 0 saturated carbocycles. The molecular formula is C12H17ClIN. The predicted octanol–water partition coefficient (Wildman–Crippen LogP) is 4.25. The van der Waals surface area contributed by atoms with Crippen LogP contribution in [0.1, 0.15) is 31.9 Å². The normalized spacial score (nSPS) is 13.2. The minimum absolute atomic E-state index is 0.399. The lowest BCUT2D eigenvalue weighted by Crippen LogP contribution is -2.19. The summed E-state index contributed by atoms with van der Waals surface area (Å²) in [4.78, 5) is 0. The Balaban J connectivity index is 2.95. The highest BCUT2D eigenvalue weighted by molar-refractivity contribution is 14.1. The molecule has 0 radical (unpaired) electrons. The molecule has 1 unspecified atom stereocenters. The quantitative estimate of drug-likeness (QED) is 0.810. The molecule has 0 aliphatic rings. The number of hydrogen-bond donors (Lipinski definition) is 1. The topological polar surface area (TPSA) is 12.0 Å². The van der Waals surface area contributed by atoms with Crippen molar-refractivity contribution < 1.29 is 0 Å². The van der Waals surface area contributed by atoms with Crippen LogP contribution in [0, 0.1) is 9.49 Å². The molecule has 0 amide bonds. The van der Waals surface area contributed by atoms with Crippen LogP contribution in [0.15, 0.2) is 18.2 Å². The van der Waals surface area contributed by atoms with Crippen LogP contribution in [-0.4, -0.2) is 7.05 Å². The van der Waals surface area contributed by atoms with Gasteiger partial charge in [0.1, 0.15) is 0 Å². The fourth-order valence-corrected chi connectivity index (χ4v) is 2.55. The van der Waals surface area contributed by atoms with E-state index in [2.05, 4.69) is 53.9 Å². The summed E-state index contributed by atoms with van der Waals surface area (Å²) < 4.78 is 1.28. The van der Waals surface area contributed by atoms with Crippen molar-refractivity contribution >= 4 is 34.2 Å². The van der Waals surface area contributed by atoms with Crippen molar-refractivity contribution in [2.24, 2.45) is 5.92 Å². The van der Waals surface area contributed by atoms with E-state index in [0.29, 0.717) is 12.0 Å². The van der Waals surface area contributed by atoms with Gasteiger partial charge >= 0.3 is 0 Å². The molecule has 0 aliphatic carbocycles. The lowest BCUT2D eigenvalue weighted by atomic mass is 9.97. The van der Waals surface area contributed by atoms with Gasteiger partial charge in [0.15, 0.2) is 0 Å². The van der Waals surface area contributed by atoms with Crippen molar-refractivity contribution in [2.45, 2.75) is 26.3 Å². The number of halogens is 2. The van der Waals surface area contributed by atoms with Gasteiger partial charge in [-0.1, -0.05) is 25.4 Å². The molecule has 0 fully saturated rings. The molecule has 1 atom stereocenters. The van der Waals surface area contributed by atoms with Crippen LogP contribution in [-0.2, 0) is 0 Å². The van der Waals surface area contributed by atoms with Crippen LogP contribution in [0.25, 0.3) is 0 Å². The fourth-order valence-electron chi connectivity index (χ4n) is 1.65. The second-order valence-corrected chi connectivity index (χ2v) is 5.74. The second kappa shape index (κ2) is 6.06. The summed E-state index contributed by atoms with van der Waals surface area (Å²) in [5, 5.41) is 4.17. The van der Waals surface area contributed by atoms with Crippen molar-refractivity contribution in [2.75, 3.05) is 7.05 Å². The molecule has 0 saturated heterocycles. The lowest BCUT2D eigenvalue weighted by molar-refractivity contribution is 0.455. The molecule has 3 heteroatoms. The Morgan fingerprint density at radius 2 is 2.07 bits per heavy atom. The first-order valence-electron chi connectivity index (χ1n) is 5.16. The van der Waals surface area contributed by atoms with Crippen LogP contribution in [0.5, 0.6) is 0 Å². The van der Waals surface area contributed by atoms with E-state index in [1.807, 2.05) is 13.1 Å². The Hall–Kier alpha value is 0.200. The summed E-state index contributed by atoms with van der Waals surface area (Å²) in [6.45, 7) is 4.48. The van der Waals surface area contributed by atoms with E-state index in [4.69, 9.17) is 11.6 Å². The monoisotopic (exact) mass is 337 g/mol. The van der Waals surface area contributed by atoms with E-state index >= 15 is 0 Å². The van der Waals surface area contributed by atoms with Crippen LogP contribution in [0.3, 0.4) is 0 Å². The fraction of sp³-hybridized carbons (Fsp3) is 0.500. The third-order valence-corrected chi connectivity index (χ3v) is 3.61. The van der Waals surface area contributed by atoms with Crippen molar-refractivity contribution in [3.8, 4) is 0 Å². The van der Waals surface area contributed by atoms with Gasteiger partial charge in [0.05, 0.1) is 0 Å². The largest absolute Gasteiger partial charge is 0.313 e. The first kappa shape index (κ1) is 13.3. The molecule has 0 aromatic heterocycles. The third-order valence-electron chi connectivity index (χ3n) is 2.39. The van der Waals surface area contributed by atoms with Gasteiger partial charge in [0, 0.05) is 14.6 Å². The second-order valence-electron chi connectivity index (χ2n) is 4.14. The van der Waals surface area contributed by atoms with Crippen molar-refractivity contribution in [3.05, 3.63) is 32.4 Å². The minimum Gasteiger partial charge on any atom is -0.313 e. The van der Waals surface area contributed by atoms with Crippen LogP contribution >= 0.6 is 34.2 Å². The molecule has 1 aromatic carbocycles. The summed E-state index contributed by atoms with van der Waals surface area (Å²) in [6.07, 6.45) is 1.13. The maximum Gasteiger partial charge on any atom is 0.0410 e. The van der Waals surface area contributed by atoms with E-state index in [9.17, 15) is 0 Å². The highest BCUT2D eigenvalue weighted by Crippen LogP contribution is 2.27. The van der Waals surface area contributed by atoms with Gasteiger partial charge in [0.25, 0.3) is 0 Å². The van der Waals surface area contributed by atoms with Gasteiger partial charge in [-0.3, -0.25) is 0 Å². The third kappa shape index (κ3) is 3.93. The van der Waals surface area contributed by atoms with Gasteiger partial charge in [-0.05, 0) is 65.7 Å². The zero-order chi connectivity index (χ0) is 11.4. The summed E-state index contributed by atoms with van der Waals surface area (Å²) in [5.41, 5.74) is 1.30. The first-order valence-corrected chi connectivity index (χ1v) is 6.62. The smallest absolute Gasteiger partial charge is 0.0410 e. The number of rotatable bonds is 4. The average Bonchev–Trinajstić information content (AvgIpc) is 2.18. The Morgan fingerprint density at radius 1 is 1.40 bits per heavy atom. The molecule has 84 valence electrons. The minimum atomic E-state index is 0.399. The molecular weight excluding hydrogens is 320 g/mol. The molecule has 1 nitrogen and oxygen atoms in total. The Morgan fingerprint density at radius 3 is 2.60 bits per heavy atom. The predicted molar refractivity (Wildman–Crippen MR) is 75.4 cm³/mol. The number of nitrogens with one attached hydrogen (secondary N) is 1. The number of hydrogen-bond acceptors (Lipinski definition) is 1.